The van der Waals surface area contributed by atoms with Gasteiger partial charge < -0.3 is 10.1 Å². The fraction of sp³-hybridized carbons (Fsp3) is 0.562. The number of hydrogen-bond acceptors (Lipinski definition) is 2. The van der Waals surface area contributed by atoms with Crippen LogP contribution < -0.4 is 5.32 Å². The van der Waals surface area contributed by atoms with Crippen molar-refractivity contribution in [3.8, 4) is 0 Å². The minimum absolute atomic E-state index is 0.120. The third-order valence-corrected chi connectivity index (χ3v) is 3.97. The maximum Gasteiger partial charge on any atom is 0.411 e. The van der Waals surface area contributed by atoms with Gasteiger partial charge in [-0.15, -0.1) is 0 Å². The smallest absolute Gasteiger partial charge is 0.372 e. The van der Waals surface area contributed by atoms with Crippen molar-refractivity contribution in [1.29, 1.82) is 0 Å². The highest BCUT2D eigenvalue weighted by atomic mass is 35.5. The van der Waals surface area contributed by atoms with Gasteiger partial charge in [0.15, 0.2) is 0 Å². The van der Waals surface area contributed by atoms with Crippen molar-refractivity contribution in [2.45, 2.75) is 44.8 Å². The molecule has 0 aromatic heterocycles. The Morgan fingerprint density at radius 2 is 1.74 bits per heavy atom. The highest BCUT2D eigenvalue weighted by Crippen LogP contribution is 2.29. The molecule has 3 nitrogen and oxygen atoms in total. The fourth-order valence-corrected chi connectivity index (χ4v) is 2.48. The van der Waals surface area contributed by atoms with E-state index in [1.807, 2.05) is 26.0 Å². The van der Waals surface area contributed by atoms with Gasteiger partial charge in [-0.25, -0.2) is 0 Å². The van der Waals surface area contributed by atoms with Gasteiger partial charge in [0.05, 0.1) is 12.1 Å². The Kier molecular flexibility index (Phi) is 7.35. The molecule has 0 radical (unpaired) electrons. The summed E-state index contributed by atoms with van der Waals surface area (Å²) in [6.45, 7) is 2.27. The summed E-state index contributed by atoms with van der Waals surface area (Å²) in [6.07, 6.45) is -3.19. The summed E-state index contributed by atoms with van der Waals surface area (Å²) in [5.41, 5.74) is 0.350. The third kappa shape index (κ3) is 6.39. The zero-order chi connectivity index (χ0) is 17.5. The molecule has 0 unspecified atom stereocenters. The highest BCUT2D eigenvalue weighted by molar-refractivity contribution is 6.30. The van der Waals surface area contributed by atoms with Crippen LogP contribution in [0.3, 0.4) is 0 Å². The molecule has 0 bridgehead atoms. The molecule has 0 saturated heterocycles. The average Bonchev–Trinajstić information content (AvgIpc) is 2.49. The maximum atomic E-state index is 12.0. The molecule has 0 aliphatic carbocycles. The normalized spacial score (nSPS) is 12.3. The van der Waals surface area contributed by atoms with Crippen LogP contribution in [0.2, 0.25) is 5.02 Å². The summed E-state index contributed by atoms with van der Waals surface area (Å²) in [7, 11) is 0. The summed E-state index contributed by atoms with van der Waals surface area (Å²) in [4.78, 5) is 12.0. The molecule has 1 rings (SSSR count). The summed E-state index contributed by atoms with van der Waals surface area (Å²) < 4.78 is 40.4. The molecule has 0 heterocycles. The van der Waals surface area contributed by atoms with Gasteiger partial charge in [0, 0.05) is 11.4 Å². The van der Waals surface area contributed by atoms with Crippen LogP contribution in [0, 0.1) is 0 Å². The standard InChI is InChI=1S/C16H21ClF3NO2/c1-3-15(4-2,12-5-7-13(17)8-6-12)21-14(22)9-10-23-11-16(18,19)20/h5-8H,3-4,9-11H2,1-2H3,(H,21,22). The lowest BCUT2D eigenvalue weighted by Gasteiger charge is -2.33. The van der Waals surface area contributed by atoms with Crippen LogP contribution in [-0.2, 0) is 15.1 Å². The highest BCUT2D eigenvalue weighted by Gasteiger charge is 2.30. The molecule has 1 N–H and O–H groups in total. The molecule has 0 fully saturated rings. The minimum Gasteiger partial charge on any atom is -0.372 e. The van der Waals surface area contributed by atoms with E-state index >= 15 is 0 Å². The van der Waals surface area contributed by atoms with Crippen LogP contribution in [0.15, 0.2) is 24.3 Å². The molecule has 130 valence electrons. The third-order valence-electron chi connectivity index (χ3n) is 3.72. The fourth-order valence-electron chi connectivity index (χ4n) is 2.36. The topological polar surface area (TPSA) is 38.3 Å². The number of alkyl halides is 3. The number of ether oxygens (including phenoxy) is 1. The number of halogens is 4. The SMILES string of the molecule is CCC(CC)(NC(=O)CCOCC(F)(F)F)c1ccc(Cl)cc1. The lowest BCUT2D eigenvalue weighted by molar-refractivity contribution is -0.174. The van der Waals surface area contributed by atoms with E-state index in [9.17, 15) is 18.0 Å². The van der Waals surface area contributed by atoms with Gasteiger partial charge in [-0.05, 0) is 30.5 Å². The van der Waals surface area contributed by atoms with E-state index in [4.69, 9.17) is 11.6 Å². The summed E-state index contributed by atoms with van der Waals surface area (Å²) in [5, 5.41) is 3.52. The van der Waals surface area contributed by atoms with Crippen LogP contribution in [0.4, 0.5) is 13.2 Å². The maximum absolute atomic E-state index is 12.0. The van der Waals surface area contributed by atoms with Gasteiger partial charge in [0.25, 0.3) is 0 Å². The number of carbonyl (C=O) groups is 1. The molecule has 1 aromatic carbocycles. The zero-order valence-electron chi connectivity index (χ0n) is 13.2. The van der Waals surface area contributed by atoms with Crippen molar-refractivity contribution < 1.29 is 22.7 Å². The van der Waals surface area contributed by atoms with Crippen LogP contribution in [0.25, 0.3) is 0 Å². The molecule has 0 aliphatic heterocycles. The Hall–Kier alpha value is -1.27. The van der Waals surface area contributed by atoms with E-state index in [0.29, 0.717) is 17.9 Å². The first-order chi connectivity index (χ1) is 10.7. The number of amides is 1. The summed E-state index contributed by atoms with van der Waals surface area (Å²) in [5.74, 6) is -0.342. The molecule has 7 heteroatoms. The van der Waals surface area contributed by atoms with Gasteiger partial charge in [-0.3, -0.25) is 4.79 Å². The molecule has 0 atom stereocenters. The Morgan fingerprint density at radius 3 is 2.22 bits per heavy atom. The largest absolute Gasteiger partial charge is 0.411 e. The zero-order valence-corrected chi connectivity index (χ0v) is 13.9. The summed E-state index contributed by atoms with van der Waals surface area (Å²) in [6, 6.07) is 7.18. The molecule has 1 amide bonds. The minimum atomic E-state index is -4.38. The van der Waals surface area contributed by atoms with Gasteiger partial charge in [-0.1, -0.05) is 37.6 Å². The van der Waals surface area contributed by atoms with Gasteiger partial charge >= 0.3 is 6.18 Å². The Bertz CT molecular complexity index is 499. The second-order valence-corrected chi connectivity index (χ2v) is 5.70. The summed E-state index contributed by atoms with van der Waals surface area (Å²) >= 11 is 5.88. The van der Waals surface area contributed by atoms with Gasteiger partial charge in [0.1, 0.15) is 6.61 Å². The number of nitrogens with one attached hydrogen (secondary N) is 1. The van der Waals surface area contributed by atoms with Crippen LogP contribution in [0.1, 0.15) is 38.7 Å². The second kappa shape index (κ2) is 8.55. The van der Waals surface area contributed by atoms with E-state index < -0.39 is 18.3 Å². The van der Waals surface area contributed by atoms with Crippen LogP contribution in [0.5, 0.6) is 0 Å². The quantitative estimate of drug-likeness (QED) is 0.703. The monoisotopic (exact) mass is 351 g/mol. The number of carbonyl (C=O) groups excluding carboxylic acids is 1. The molecular formula is C16H21ClF3NO2. The predicted octanol–water partition coefficient (Wildman–Crippen LogP) is 4.44. The van der Waals surface area contributed by atoms with E-state index in [-0.39, 0.29) is 18.9 Å². The molecular weight excluding hydrogens is 331 g/mol. The lowest BCUT2D eigenvalue weighted by Crippen LogP contribution is -2.45. The van der Waals surface area contributed by atoms with E-state index in [1.54, 1.807) is 12.1 Å². The first-order valence-corrected chi connectivity index (χ1v) is 7.82. The van der Waals surface area contributed by atoms with Crippen LogP contribution in [-0.4, -0.2) is 25.3 Å². The van der Waals surface area contributed by atoms with Crippen LogP contribution >= 0.6 is 11.6 Å². The van der Waals surface area contributed by atoms with Crippen molar-refractivity contribution in [3.05, 3.63) is 34.9 Å². The van der Waals surface area contributed by atoms with E-state index in [2.05, 4.69) is 10.1 Å². The van der Waals surface area contributed by atoms with Crippen molar-refractivity contribution in [3.63, 3.8) is 0 Å². The molecule has 0 spiro atoms. The molecule has 0 aliphatic rings. The van der Waals surface area contributed by atoms with E-state index in [0.717, 1.165) is 5.56 Å². The second-order valence-electron chi connectivity index (χ2n) is 5.26. The van der Waals surface area contributed by atoms with Crippen molar-refractivity contribution in [2.75, 3.05) is 13.2 Å². The molecule has 23 heavy (non-hydrogen) atoms. The number of rotatable bonds is 8. The van der Waals surface area contributed by atoms with Crippen molar-refractivity contribution in [2.24, 2.45) is 0 Å². The number of hydrogen-bond donors (Lipinski definition) is 1. The van der Waals surface area contributed by atoms with Gasteiger partial charge in [-0.2, -0.15) is 13.2 Å². The van der Waals surface area contributed by atoms with Crippen molar-refractivity contribution in [1.82, 2.24) is 5.32 Å². The first-order valence-electron chi connectivity index (χ1n) is 7.44. The Labute approximate surface area is 139 Å². The Balaban J connectivity index is 2.65. The predicted molar refractivity (Wildman–Crippen MR) is 83.3 cm³/mol. The van der Waals surface area contributed by atoms with E-state index in [1.165, 1.54) is 0 Å². The number of benzene rings is 1. The average molecular weight is 352 g/mol. The molecule has 1 aromatic rings. The Morgan fingerprint density at radius 1 is 1.17 bits per heavy atom. The van der Waals surface area contributed by atoms with Crippen molar-refractivity contribution >= 4 is 17.5 Å². The molecule has 0 saturated carbocycles. The first kappa shape index (κ1) is 19.8. The lowest BCUT2D eigenvalue weighted by atomic mass is 9.84. The van der Waals surface area contributed by atoms with Gasteiger partial charge in [0.2, 0.25) is 5.91 Å².